The number of unbranched alkanes of at least 4 members (excludes halogenated alkanes) is 15. The van der Waals surface area contributed by atoms with E-state index in [1.165, 1.54) is 51.4 Å². The lowest BCUT2D eigenvalue weighted by Gasteiger charge is -2.25. The van der Waals surface area contributed by atoms with Gasteiger partial charge in [0.2, 0.25) is 5.91 Å². The van der Waals surface area contributed by atoms with Gasteiger partial charge < -0.3 is 19.8 Å². The molecule has 0 rings (SSSR count). The number of nitrogens with one attached hydrogen (secondary N) is 1. The fraction of sp³-hybridized carbons (Fsp3) is 0.775. The van der Waals surface area contributed by atoms with E-state index in [0.717, 1.165) is 77.0 Å². The molecule has 0 bridgehead atoms. The molecule has 8 nitrogen and oxygen atoms in total. The molecule has 1 amide bonds. The predicted molar refractivity (Wildman–Crippen MR) is 207 cm³/mol. The molecule has 286 valence electrons. The van der Waals surface area contributed by atoms with Crippen LogP contribution < -0.4 is 5.32 Å². The standard InChI is InChI=1S/C40H75N2O6P/c1-6-8-10-12-14-16-18-20-21-22-24-26-28-30-32-34-40(44)41-38(37-48-49(45,46)47-36-35-42(3,4)5)39(43)33-31-29-27-25-23-19-17-15-13-11-9-7-2/h8,10,14,16,20-21,31,33,38-39,43H,6-7,9,11-13,15,17-19,22-30,32,34-37H2,1-5H3,(H-,41,44,45,46)/p+1/b10-8-,16-14-,21-20-,33-31+. The van der Waals surface area contributed by atoms with Gasteiger partial charge in [0.25, 0.3) is 0 Å². The fourth-order valence-electron chi connectivity index (χ4n) is 5.17. The highest BCUT2D eigenvalue weighted by Crippen LogP contribution is 2.43. The van der Waals surface area contributed by atoms with Crippen molar-refractivity contribution in [2.24, 2.45) is 0 Å². The molecule has 0 heterocycles. The van der Waals surface area contributed by atoms with E-state index in [1.807, 2.05) is 27.2 Å². The third-order valence-electron chi connectivity index (χ3n) is 8.30. The number of quaternary nitrogens is 1. The van der Waals surface area contributed by atoms with E-state index in [9.17, 15) is 19.4 Å². The van der Waals surface area contributed by atoms with Gasteiger partial charge in [0.05, 0.1) is 39.9 Å². The van der Waals surface area contributed by atoms with Crippen LogP contribution in [0.2, 0.25) is 0 Å². The first-order chi connectivity index (χ1) is 23.5. The molecule has 0 aliphatic carbocycles. The van der Waals surface area contributed by atoms with Gasteiger partial charge in [-0.25, -0.2) is 4.57 Å². The van der Waals surface area contributed by atoms with Gasteiger partial charge in [-0.1, -0.05) is 140 Å². The molecule has 0 fully saturated rings. The van der Waals surface area contributed by atoms with Crippen molar-refractivity contribution in [3.8, 4) is 0 Å². The Morgan fingerprint density at radius 1 is 0.714 bits per heavy atom. The normalized spacial score (nSPS) is 15.2. The Bertz CT molecular complexity index is 944. The molecule has 0 saturated heterocycles. The van der Waals surface area contributed by atoms with E-state index in [2.05, 4.69) is 55.6 Å². The van der Waals surface area contributed by atoms with Crippen LogP contribution in [0.4, 0.5) is 0 Å². The quantitative estimate of drug-likeness (QED) is 0.0266. The van der Waals surface area contributed by atoms with Crippen molar-refractivity contribution in [3.63, 3.8) is 0 Å². The Balaban J connectivity index is 4.56. The molecule has 0 saturated carbocycles. The Morgan fingerprint density at radius 3 is 1.80 bits per heavy atom. The van der Waals surface area contributed by atoms with E-state index in [0.29, 0.717) is 17.4 Å². The largest absolute Gasteiger partial charge is 0.472 e. The average molecular weight is 712 g/mol. The minimum Gasteiger partial charge on any atom is -0.387 e. The molecule has 0 aliphatic rings. The van der Waals surface area contributed by atoms with E-state index in [-0.39, 0.29) is 19.1 Å². The maximum atomic E-state index is 12.8. The maximum Gasteiger partial charge on any atom is 0.472 e. The average Bonchev–Trinajstić information content (AvgIpc) is 3.04. The predicted octanol–water partition coefficient (Wildman–Crippen LogP) is 10.1. The summed E-state index contributed by atoms with van der Waals surface area (Å²) in [4.78, 5) is 23.0. The van der Waals surface area contributed by atoms with Gasteiger partial charge in [-0.15, -0.1) is 0 Å². The third-order valence-corrected chi connectivity index (χ3v) is 9.29. The molecule has 3 atom stereocenters. The number of hydrogen-bond donors (Lipinski definition) is 3. The zero-order valence-electron chi connectivity index (χ0n) is 32.2. The number of carbonyl (C=O) groups excluding carboxylic acids is 1. The highest BCUT2D eigenvalue weighted by Gasteiger charge is 2.27. The summed E-state index contributed by atoms with van der Waals surface area (Å²) >= 11 is 0. The summed E-state index contributed by atoms with van der Waals surface area (Å²) < 4.78 is 23.4. The minimum absolute atomic E-state index is 0.0560. The number of amides is 1. The summed E-state index contributed by atoms with van der Waals surface area (Å²) in [6.07, 6.45) is 38.8. The molecular formula is C40H76N2O6P+. The lowest BCUT2D eigenvalue weighted by atomic mass is 10.1. The van der Waals surface area contributed by atoms with E-state index < -0.39 is 20.0 Å². The summed E-state index contributed by atoms with van der Waals surface area (Å²) in [6, 6.07) is -0.853. The van der Waals surface area contributed by atoms with Crippen LogP contribution in [0.25, 0.3) is 0 Å². The second-order valence-corrected chi connectivity index (χ2v) is 15.7. The third kappa shape index (κ3) is 34.7. The molecule has 0 aliphatic heterocycles. The number of aliphatic hydroxyl groups is 1. The van der Waals surface area contributed by atoms with Gasteiger partial charge >= 0.3 is 7.82 Å². The van der Waals surface area contributed by atoms with Crippen LogP contribution in [0.3, 0.4) is 0 Å². The van der Waals surface area contributed by atoms with Crippen molar-refractivity contribution in [1.82, 2.24) is 5.32 Å². The summed E-state index contributed by atoms with van der Waals surface area (Å²) in [5.41, 5.74) is 0. The van der Waals surface area contributed by atoms with Crippen molar-refractivity contribution in [1.29, 1.82) is 0 Å². The topological polar surface area (TPSA) is 105 Å². The summed E-state index contributed by atoms with van der Waals surface area (Å²) in [7, 11) is 1.55. The SMILES string of the molecule is CC/C=C\C/C=C\C/C=C\CCCCCCCC(=O)NC(COP(=O)(O)OCC[N+](C)(C)C)C(O)/C=C/CCCCCCCCCCCC. The van der Waals surface area contributed by atoms with Crippen LogP contribution in [0.15, 0.2) is 48.6 Å². The highest BCUT2D eigenvalue weighted by atomic mass is 31.2. The number of rotatable bonds is 34. The molecule has 49 heavy (non-hydrogen) atoms. The van der Waals surface area contributed by atoms with Crippen molar-refractivity contribution < 1.29 is 32.9 Å². The first-order valence-electron chi connectivity index (χ1n) is 19.5. The van der Waals surface area contributed by atoms with Gasteiger partial charge in [0.15, 0.2) is 0 Å². The molecule has 0 aromatic heterocycles. The van der Waals surface area contributed by atoms with Crippen LogP contribution >= 0.6 is 7.82 Å². The minimum atomic E-state index is -4.33. The van der Waals surface area contributed by atoms with E-state index in [4.69, 9.17) is 9.05 Å². The Labute approximate surface area is 301 Å². The van der Waals surface area contributed by atoms with E-state index >= 15 is 0 Å². The second-order valence-electron chi connectivity index (χ2n) is 14.3. The summed E-state index contributed by atoms with van der Waals surface area (Å²) in [5.74, 6) is -0.198. The summed E-state index contributed by atoms with van der Waals surface area (Å²) in [5, 5.41) is 13.7. The van der Waals surface area contributed by atoms with Crippen LogP contribution in [0.5, 0.6) is 0 Å². The van der Waals surface area contributed by atoms with Crippen molar-refractivity contribution in [3.05, 3.63) is 48.6 Å². The Hall–Kier alpha value is -1.54. The fourth-order valence-corrected chi connectivity index (χ4v) is 5.91. The Kier molecular flexibility index (Phi) is 31.4. The first-order valence-corrected chi connectivity index (χ1v) is 21.0. The molecule has 3 unspecified atom stereocenters. The van der Waals surface area contributed by atoms with Crippen LogP contribution in [-0.4, -0.2) is 73.4 Å². The lowest BCUT2D eigenvalue weighted by Crippen LogP contribution is -2.45. The number of hydrogen-bond acceptors (Lipinski definition) is 5. The molecule has 0 aromatic rings. The van der Waals surface area contributed by atoms with Crippen molar-refractivity contribution >= 4 is 13.7 Å². The Morgan fingerprint density at radius 2 is 1.22 bits per heavy atom. The second kappa shape index (κ2) is 32.4. The first kappa shape index (κ1) is 47.5. The van der Waals surface area contributed by atoms with Gasteiger partial charge in [0, 0.05) is 6.42 Å². The maximum absolute atomic E-state index is 12.8. The summed E-state index contributed by atoms with van der Waals surface area (Å²) in [6.45, 7) is 4.65. The smallest absolute Gasteiger partial charge is 0.387 e. The van der Waals surface area contributed by atoms with Crippen LogP contribution in [-0.2, 0) is 18.4 Å². The number of phosphoric ester groups is 1. The van der Waals surface area contributed by atoms with E-state index in [1.54, 1.807) is 6.08 Å². The molecule has 0 radical (unpaired) electrons. The highest BCUT2D eigenvalue weighted by molar-refractivity contribution is 7.47. The number of phosphoric acid groups is 1. The van der Waals surface area contributed by atoms with Crippen molar-refractivity contribution in [2.45, 2.75) is 161 Å². The number of aliphatic hydroxyl groups excluding tert-OH is 1. The van der Waals surface area contributed by atoms with Gasteiger partial charge in [-0.2, -0.15) is 0 Å². The van der Waals surface area contributed by atoms with Gasteiger partial charge in [-0.05, 0) is 51.4 Å². The number of allylic oxidation sites excluding steroid dienone is 7. The van der Waals surface area contributed by atoms with Gasteiger partial charge in [0.1, 0.15) is 13.2 Å². The molecule has 0 aromatic carbocycles. The number of carbonyl (C=O) groups is 1. The van der Waals surface area contributed by atoms with Crippen LogP contribution in [0, 0.1) is 0 Å². The molecular weight excluding hydrogens is 635 g/mol. The lowest BCUT2D eigenvalue weighted by molar-refractivity contribution is -0.870. The molecule has 3 N–H and O–H groups in total. The number of likely N-dealkylation sites (N-methyl/N-ethyl adjacent to an activating group) is 1. The van der Waals surface area contributed by atoms with Gasteiger partial charge in [-0.3, -0.25) is 13.8 Å². The zero-order chi connectivity index (χ0) is 36.5. The van der Waals surface area contributed by atoms with Crippen molar-refractivity contribution in [2.75, 3.05) is 40.9 Å². The molecule has 9 heteroatoms. The number of nitrogens with zero attached hydrogens (tertiary/aromatic N) is 1. The monoisotopic (exact) mass is 712 g/mol. The zero-order valence-corrected chi connectivity index (χ0v) is 33.1. The molecule has 0 spiro atoms. The van der Waals surface area contributed by atoms with Crippen LogP contribution in [0.1, 0.15) is 149 Å².